The van der Waals surface area contributed by atoms with Gasteiger partial charge in [-0.2, -0.15) is 0 Å². The van der Waals surface area contributed by atoms with Gasteiger partial charge in [-0.1, -0.05) is 18.2 Å². The molecule has 0 saturated carbocycles. The van der Waals surface area contributed by atoms with Gasteiger partial charge in [-0.25, -0.2) is 9.97 Å². The van der Waals surface area contributed by atoms with Crippen molar-refractivity contribution >= 4 is 5.91 Å². The lowest BCUT2D eigenvalue weighted by Gasteiger charge is -2.30. The van der Waals surface area contributed by atoms with Crippen LogP contribution in [-0.2, 0) is 9.53 Å². The van der Waals surface area contributed by atoms with E-state index in [1.807, 2.05) is 18.2 Å². The van der Waals surface area contributed by atoms with Crippen LogP contribution in [-0.4, -0.2) is 71.0 Å². The van der Waals surface area contributed by atoms with Gasteiger partial charge in [0.05, 0.1) is 19.8 Å². The van der Waals surface area contributed by atoms with E-state index in [1.54, 1.807) is 18.2 Å². The lowest BCUT2D eigenvalue weighted by atomic mass is 10.1. The van der Waals surface area contributed by atoms with Crippen LogP contribution in [0, 0.1) is 0 Å². The smallest absolute Gasteiger partial charge is 0.316 e. The third-order valence-electron chi connectivity index (χ3n) is 3.83. The molecule has 1 atom stereocenters. The van der Waals surface area contributed by atoms with Crippen LogP contribution in [0.1, 0.15) is 0 Å². The number of rotatable bonds is 6. The predicted octanol–water partition coefficient (Wildman–Crippen LogP) is 0.524. The van der Waals surface area contributed by atoms with Crippen molar-refractivity contribution in [3.05, 3.63) is 48.8 Å². The largest absolute Gasteiger partial charge is 0.490 e. The van der Waals surface area contributed by atoms with Crippen molar-refractivity contribution in [3.63, 3.8) is 0 Å². The zero-order chi connectivity index (χ0) is 18.2. The minimum absolute atomic E-state index is 0.0173. The Hall–Kier alpha value is -2.71. The number of ether oxygens (including phenoxy) is 3. The van der Waals surface area contributed by atoms with Crippen molar-refractivity contribution in [2.24, 2.45) is 0 Å². The number of nitrogens with zero attached hydrogens (tertiary/aromatic N) is 3. The van der Waals surface area contributed by atoms with Gasteiger partial charge in [0.2, 0.25) is 0 Å². The summed E-state index contributed by atoms with van der Waals surface area (Å²) in [6.45, 7) is 0.694. The third-order valence-corrected chi connectivity index (χ3v) is 3.83. The minimum atomic E-state index is -1.30. The Bertz CT molecular complexity index is 700. The zero-order valence-electron chi connectivity index (χ0n) is 14.3. The number of β-amino-alcohol motifs (C(OH)–C–C–N with tert-alkyl or cyclic N) is 1. The van der Waals surface area contributed by atoms with Gasteiger partial charge in [0.25, 0.3) is 5.91 Å². The van der Waals surface area contributed by atoms with Gasteiger partial charge < -0.3 is 24.2 Å². The Kier molecular flexibility index (Phi) is 5.98. The molecule has 1 saturated heterocycles. The lowest BCUT2D eigenvalue weighted by Crippen LogP contribution is -2.51. The van der Waals surface area contributed by atoms with E-state index in [-0.39, 0.29) is 38.3 Å². The molecule has 1 N–H and O–H groups in total. The topological polar surface area (TPSA) is 94.0 Å². The van der Waals surface area contributed by atoms with Gasteiger partial charge in [-0.15, -0.1) is 0 Å². The van der Waals surface area contributed by atoms with Crippen molar-refractivity contribution in [1.82, 2.24) is 14.9 Å². The number of aliphatic hydroxyl groups is 1. The van der Waals surface area contributed by atoms with Gasteiger partial charge in [-0.3, -0.25) is 4.79 Å². The highest BCUT2D eigenvalue weighted by Crippen LogP contribution is 2.16. The molecule has 0 bridgehead atoms. The molecule has 0 radical (unpaired) electrons. The molecule has 0 aliphatic carbocycles. The monoisotopic (exact) mass is 359 g/mol. The maximum atomic E-state index is 12.4. The number of hydrogen-bond acceptors (Lipinski definition) is 7. The fraction of sp³-hybridized carbons (Fsp3) is 0.389. The fourth-order valence-corrected chi connectivity index (χ4v) is 2.53. The highest BCUT2D eigenvalue weighted by molar-refractivity contribution is 5.77. The first-order valence-corrected chi connectivity index (χ1v) is 8.30. The minimum Gasteiger partial charge on any atom is -0.490 e. The zero-order valence-corrected chi connectivity index (χ0v) is 14.3. The van der Waals surface area contributed by atoms with E-state index in [0.29, 0.717) is 18.9 Å². The summed E-state index contributed by atoms with van der Waals surface area (Å²) in [6, 6.07) is 11.0. The van der Waals surface area contributed by atoms with Gasteiger partial charge in [0.15, 0.2) is 6.61 Å². The Balaban J connectivity index is 1.56. The Morgan fingerprint density at radius 1 is 1.19 bits per heavy atom. The first-order chi connectivity index (χ1) is 12.6. The van der Waals surface area contributed by atoms with Crippen molar-refractivity contribution in [1.29, 1.82) is 0 Å². The van der Waals surface area contributed by atoms with Crippen molar-refractivity contribution in [2.75, 3.05) is 39.5 Å². The normalized spacial score (nSPS) is 20.3. The molecular formula is C18H21N3O5. The van der Waals surface area contributed by atoms with E-state index < -0.39 is 5.60 Å². The molecule has 2 aromatic rings. The van der Waals surface area contributed by atoms with Crippen LogP contribution < -0.4 is 9.47 Å². The molecule has 138 valence electrons. The molecule has 1 amide bonds. The molecule has 1 aromatic heterocycles. The molecule has 1 fully saturated rings. The van der Waals surface area contributed by atoms with Crippen LogP contribution in [0.2, 0.25) is 0 Å². The molecule has 3 rings (SSSR count). The molecule has 8 heteroatoms. The number of benzene rings is 1. The highest BCUT2D eigenvalue weighted by Gasteiger charge is 2.35. The maximum absolute atomic E-state index is 12.4. The summed E-state index contributed by atoms with van der Waals surface area (Å²) >= 11 is 0. The van der Waals surface area contributed by atoms with Crippen LogP contribution in [0.4, 0.5) is 0 Å². The summed E-state index contributed by atoms with van der Waals surface area (Å²) in [7, 11) is 0. The maximum Gasteiger partial charge on any atom is 0.316 e. The van der Waals surface area contributed by atoms with Gasteiger partial charge >= 0.3 is 6.01 Å². The number of amides is 1. The number of para-hydroxylation sites is 1. The average Bonchev–Trinajstić information content (AvgIpc) is 2.88. The number of aromatic nitrogens is 2. The first-order valence-electron chi connectivity index (χ1n) is 8.30. The molecular weight excluding hydrogens is 338 g/mol. The summed E-state index contributed by atoms with van der Waals surface area (Å²) in [5.41, 5.74) is -1.30. The van der Waals surface area contributed by atoms with E-state index in [0.717, 1.165) is 0 Å². The number of carbonyl (C=O) groups is 1. The van der Waals surface area contributed by atoms with E-state index in [9.17, 15) is 9.90 Å². The number of hydrogen-bond donors (Lipinski definition) is 1. The quantitative estimate of drug-likeness (QED) is 0.804. The second kappa shape index (κ2) is 8.59. The molecule has 1 aliphatic heterocycles. The van der Waals surface area contributed by atoms with E-state index in [2.05, 4.69) is 9.97 Å². The predicted molar refractivity (Wildman–Crippen MR) is 91.8 cm³/mol. The Labute approximate surface area is 151 Å². The van der Waals surface area contributed by atoms with Gasteiger partial charge in [-0.05, 0) is 18.2 Å². The second-order valence-electron chi connectivity index (χ2n) is 6.01. The molecule has 26 heavy (non-hydrogen) atoms. The van der Waals surface area contributed by atoms with E-state index >= 15 is 0 Å². The Morgan fingerprint density at radius 3 is 2.73 bits per heavy atom. The second-order valence-corrected chi connectivity index (χ2v) is 6.01. The van der Waals surface area contributed by atoms with Crippen LogP contribution in [0.3, 0.4) is 0 Å². The van der Waals surface area contributed by atoms with Gasteiger partial charge in [0, 0.05) is 18.9 Å². The van der Waals surface area contributed by atoms with Crippen LogP contribution >= 0.6 is 0 Å². The fourth-order valence-electron chi connectivity index (χ4n) is 2.53. The summed E-state index contributed by atoms with van der Waals surface area (Å²) in [5, 5.41) is 10.8. The molecule has 8 nitrogen and oxygen atoms in total. The van der Waals surface area contributed by atoms with E-state index in [1.165, 1.54) is 17.3 Å². The molecule has 2 heterocycles. The average molecular weight is 359 g/mol. The Morgan fingerprint density at radius 2 is 1.96 bits per heavy atom. The summed E-state index contributed by atoms with van der Waals surface area (Å²) in [4.78, 5) is 21.7. The summed E-state index contributed by atoms with van der Waals surface area (Å²) in [5.74, 6) is 0.369. The highest BCUT2D eigenvalue weighted by atomic mass is 16.5. The molecule has 1 aliphatic rings. The molecule has 0 unspecified atom stereocenters. The summed E-state index contributed by atoms with van der Waals surface area (Å²) < 4.78 is 16.4. The standard InChI is InChI=1S/C18H21N3O5/c22-16(11-25-17-19-7-4-8-20-17)21-9-10-24-13-18(23,12-21)14-26-15-5-2-1-3-6-15/h1-8,23H,9-14H2/t18-/m1/s1. The number of carbonyl (C=O) groups excluding carboxylic acids is 1. The van der Waals surface area contributed by atoms with Crippen molar-refractivity contribution < 1.29 is 24.1 Å². The van der Waals surface area contributed by atoms with Crippen LogP contribution in [0.15, 0.2) is 48.8 Å². The van der Waals surface area contributed by atoms with Crippen LogP contribution in [0.5, 0.6) is 11.8 Å². The van der Waals surface area contributed by atoms with Gasteiger partial charge in [0.1, 0.15) is 18.0 Å². The summed E-state index contributed by atoms with van der Waals surface area (Å²) in [6.07, 6.45) is 3.07. The lowest BCUT2D eigenvalue weighted by molar-refractivity contribution is -0.137. The SMILES string of the molecule is O=C(COc1ncccn1)N1CCOC[C@@](O)(COc2ccccc2)C1. The van der Waals surface area contributed by atoms with Crippen molar-refractivity contribution in [2.45, 2.75) is 5.60 Å². The van der Waals surface area contributed by atoms with Crippen molar-refractivity contribution in [3.8, 4) is 11.8 Å². The molecule has 1 aromatic carbocycles. The van der Waals surface area contributed by atoms with E-state index in [4.69, 9.17) is 14.2 Å². The van der Waals surface area contributed by atoms with Crippen LogP contribution in [0.25, 0.3) is 0 Å². The molecule has 0 spiro atoms. The third kappa shape index (κ3) is 5.14. The first kappa shape index (κ1) is 18.1.